The summed E-state index contributed by atoms with van der Waals surface area (Å²) < 4.78 is 0. The molecule has 0 spiro atoms. The fraction of sp³-hybridized carbons (Fsp3) is 0.526. The van der Waals surface area contributed by atoms with Crippen molar-refractivity contribution in [3.05, 3.63) is 35.0 Å². The number of aromatic nitrogens is 1. The Labute approximate surface area is 138 Å². The first-order valence-electron chi connectivity index (χ1n) is 8.45. The molecule has 1 amide bonds. The van der Waals surface area contributed by atoms with E-state index >= 15 is 0 Å². The van der Waals surface area contributed by atoms with Crippen molar-refractivity contribution in [2.24, 2.45) is 5.41 Å². The highest BCUT2D eigenvalue weighted by Crippen LogP contribution is 2.30. The summed E-state index contributed by atoms with van der Waals surface area (Å²) in [6.07, 6.45) is 2.59. The van der Waals surface area contributed by atoms with E-state index < -0.39 is 0 Å². The number of H-pyrrole nitrogens is 1. The smallest absolute Gasteiger partial charge is 0.253 e. The van der Waals surface area contributed by atoms with Gasteiger partial charge < -0.3 is 15.4 Å². The van der Waals surface area contributed by atoms with Crippen molar-refractivity contribution in [2.45, 2.75) is 47.0 Å². The number of aliphatic hydroxyl groups excluding tert-OH is 1. The molecule has 0 saturated heterocycles. The van der Waals surface area contributed by atoms with Crippen LogP contribution in [0.5, 0.6) is 0 Å². The van der Waals surface area contributed by atoms with Gasteiger partial charge in [-0.15, -0.1) is 0 Å². The molecule has 2 aromatic rings. The SMILES string of the molecule is CCC(CC)(CCO)CNC(=O)c1cccc2c(C)c(C)[nH]c12. The first-order chi connectivity index (χ1) is 11.0. The van der Waals surface area contributed by atoms with Gasteiger partial charge in [0.25, 0.3) is 5.91 Å². The lowest BCUT2D eigenvalue weighted by atomic mass is 9.79. The quantitative estimate of drug-likeness (QED) is 0.729. The maximum Gasteiger partial charge on any atom is 0.253 e. The van der Waals surface area contributed by atoms with E-state index in [4.69, 9.17) is 0 Å². The van der Waals surface area contributed by atoms with E-state index in [2.05, 4.69) is 31.1 Å². The predicted molar refractivity (Wildman–Crippen MR) is 94.8 cm³/mol. The monoisotopic (exact) mass is 316 g/mol. The van der Waals surface area contributed by atoms with Gasteiger partial charge in [0, 0.05) is 24.2 Å². The molecule has 4 heteroatoms. The molecule has 0 bridgehead atoms. The van der Waals surface area contributed by atoms with Crippen LogP contribution in [-0.2, 0) is 0 Å². The second-order valence-electron chi connectivity index (χ2n) is 6.47. The Morgan fingerprint density at radius 3 is 2.57 bits per heavy atom. The van der Waals surface area contributed by atoms with E-state index in [-0.39, 0.29) is 17.9 Å². The molecule has 0 atom stereocenters. The third kappa shape index (κ3) is 3.42. The normalized spacial score (nSPS) is 11.9. The Hall–Kier alpha value is -1.81. The van der Waals surface area contributed by atoms with Crippen LogP contribution in [0.2, 0.25) is 0 Å². The van der Waals surface area contributed by atoms with Crippen LogP contribution < -0.4 is 5.32 Å². The van der Waals surface area contributed by atoms with Gasteiger partial charge in [0.05, 0.1) is 11.1 Å². The van der Waals surface area contributed by atoms with E-state index in [9.17, 15) is 9.90 Å². The van der Waals surface area contributed by atoms with Crippen LogP contribution in [0.4, 0.5) is 0 Å². The number of para-hydroxylation sites is 1. The fourth-order valence-electron chi connectivity index (χ4n) is 3.21. The molecular weight excluding hydrogens is 288 g/mol. The minimum atomic E-state index is -0.0546. The Morgan fingerprint density at radius 1 is 1.26 bits per heavy atom. The van der Waals surface area contributed by atoms with Crippen LogP contribution in [0, 0.1) is 19.3 Å². The van der Waals surface area contributed by atoms with Gasteiger partial charge in [-0.25, -0.2) is 0 Å². The summed E-state index contributed by atoms with van der Waals surface area (Å²) in [5.74, 6) is -0.0546. The number of rotatable bonds is 7. The zero-order valence-electron chi connectivity index (χ0n) is 14.6. The molecule has 0 saturated carbocycles. The average molecular weight is 316 g/mol. The highest BCUT2D eigenvalue weighted by Gasteiger charge is 2.26. The molecular formula is C19H28N2O2. The Kier molecular flexibility index (Phi) is 5.47. The number of hydrogen-bond acceptors (Lipinski definition) is 2. The average Bonchev–Trinajstić information content (AvgIpc) is 2.86. The van der Waals surface area contributed by atoms with Gasteiger partial charge in [0.15, 0.2) is 0 Å². The predicted octanol–water partition coefficient (Wildman–Crippen LogP) is 3.70. The largest absolute Gasteiger partial charge is 0.396 e. The van der Waals surface area contributed by atoms with E-state index in [1.807, 2.05) is 25.1 Å². The molecule has 0 unspecified atom stereocenters. The first-order valence-corrected chi connectivity index (χ1v) is 8.45. The zero-order valence-corrected chi connectivity index (χ0v) is 14.6. The van der Waals surface area contributed by atoms with Gasteiger partial charge in [-0.05, 0) is 50.2 Å². The summed E-state index contributed by atoms with van der Waals surface area (Å²) in [7, 11) is 0. The number of amides is 1. The minimum Gasteiger partial charge on any atom is -0.396 e. The molecule has 0 aliphatic heterocycles. The van der Waals surface area contributed by atoms with Gasteiger partial charge in [0.2, 0.25) is 0 Å². The van der Waals surface area contributed by atoms with E-state index in [1.165, 1.54) is 5.56 Å². The van der Waals surface area contributed by atoms with Gasteiger partial charge in [-0.3, -0.25) is 4.79 Å². The van der Waals surface area contributed by atoms with Crippen LogP contribution >= 0.6 is 0 Å². The summed E-state index contributed by atoms with van der Waals surface area (Å²) in [6.45, 7) is 9.07. The Balaban J connectivity index is 2.23. The first kappa shape index (κ1) is 17.5. The number of carbonyl (C=O) groups excluding carboxylic acids is 1. The molecule has 1 heterocycles. The standard InChI is InChI=1S/C19H28N2O2/c1-5-19(6-2,10-11-22)12-20-18(23)16-9-7-8-15-13(3)14(4)21-17(15)16/h7-9,21-22H,5-6,10-12H2,1-4H3,(H,20,23). The van der Waals surface area contributed by atoms with Crippen molar-refractivity contribution >= 4 is 16.8 Å². The summed E-state index contributed by atoms with van der Waals surface area (Å²) in [5.41, 5.74) is 3.84. The number of hydrogen-bond donors (Lipinski definition) is 3. The van der Waals surface area contributed by atoms with E-state index in [0.29, 0.717) is 18.5 Å². The van der Waals surface area contributed by atoms with Crippen LogP contribution in [0.15, 0.2) is 18.2 Å². The van der Waals surface area contributed by atoms with Crippen molar-refractivity contribution in [1.29, 1.82) is 0 Å². The lowest BCUT2D eigenvalue weighted by molar-refractivity contribution is 0.0909. The van der Waals surface area contributed by atoms with Crippen LogP contribution in [-0.4, -0.2) is 29.1 Å². The van der Waals surface area contributed by atoms with E-state index in [1.54, 1.807) is 0 Å². The summed E-state index contributed by atoms with van der Waals surface area (Å²) >= 11 is 0. The van der Waals surface area contributed by atoms with Crippen molar-refractivity contribution in [2.75, 3.05) is 13.2 Å². The summed E-state index contributed by atoms with van der Waals surface area (Å²) in [6, 6.07) is 5.83. The third-order valence-electron chi connectivity index (χ3n) is 5.35. The minimum absolute atomic E-state index is 0.0279. The van der Waals surface area contributed by atoms with Gasteiger partial charge in [0.1, 0.15) is 0 Å². The number of fused-ring (bicyclic) bond motifs is 1. The summed E-state index contributed by atoms with van der Waals surface area (Å²) in [5, 5.41) is 13.5. The lowest BCUT2D eigenvalue weighted by Crippen LogP contribution is -2.37. The van der Waals surface area contributed by atoms with Crippen molar-refractivity contribution < 1.29 is 9.90 Å². The van der Waals surface area contributed by atoms with E-state index in [0.717, 1.165) is 29.4 Å². The number of aromatic amines is 1. The van der Waals surface area contributed by atoms with Crippen molar-refractivity contribution in [1.82, 2.24) is 10.3 Å². The molecule has 3 N–H and O–H groups in total. The molecule has 4 nitrogen and oxygen atoms in total. The Bertz CT molecular complexity index is 684. The number of benzene rings is 1. The maximum atomic E-state index is 12.7. The van der Waals surface area contributed by atoms with Gasteiger partial charge in [-0.2, -0.15) is 0 Å². The molecule has 23 heavy (non-hydrogen) atoms. The summed E-state index contributed by atoms with van der Waals surface area (Å²) in [4.78, 5) is 16.0. The molecule has 1 aromatic carbocycles. The molecule has 0 radical (unpaired) electrons. The third-order valence-corrected chi connectivity index (χ3v) is 5.35. The second kappa shape index (κ2) is 7.18. The number of aliphatic hydroxyl groups is 1. The zero-order chi connectivity index (χ0) is 17.0. The van der Waals surface area contributed by atoms with Crippen molar-refractivity contribution in [3.8, 4) is 0 Å². The highest BCUT2D eigenvalue weighted by molar-refractivity contribution is 6.06. The number of nitrogens with one attached hydrogen (secondary N) is 2. The van der Waals surface area contributed by atoms with Crippen molar-refractivity contribution in [3.63, 3.8) is 0 Å². The highest BCUT2D eigenvalue weighted by atomic mass is 16.3. The maximum absolute atomic E-state index is 12.7. The molecule has 0 fully saturated rings. The van der Waals surface area contributed by atoms with Crippen LogP contribution in [0.3, 0.4) is 0 Å². The van der Waals surface area contributed by atoms with Gasteiger partial charge in [-0.1, -0.05) is 26.0 Å². The molecule has 2 rings (SSSR count). The second-order valence-corrected chi connectivity index (χ2v) is 6.47. The molecule has 0 aliphatic rings. The lowest BCUT2D eigenvalue weighted by Gasteiger charge is -2.31. The van der Waals surface area contributed by atoms with Crippen LogP contribution in [0.1, 0.15) is 54.7 Å². The fourth-order valence-corrected chi connectivity index (χ4v) is 3.21. The molecule has 0 aliphatic carbocycles. The van der Waals surface area contributed by atoms with Gasteiger partial charge >= 0.3 is 0 Å². The molecule has 126 valence electrons. The topological polar surface area (TPSA) is 65.1 Å². The molecule has 1 aromatic heterocycles. The Morgan fingerprint density at radius 2 is 1.96 bits per heavy atom. The number of carbonyl (C=O) groups is 1. The van der Waals surface area contributed by atoms with Crippen LogP contribution in [0.25, 0.3) is 10.9 Å². The number of aryl methyl sites for hydroxylation is 2.